The van der Waals surface area contributed by atoms with Gasteiger partial charge in [0.25, 0.3) is 0 Å². The average molecular weight is 481 g/mol. The van der Waals surface area contributed by atoms with Gasteiger partial charge in [-0.2, -0.15) is 5.10 Å². The molecule has 180 valence electrons. The lowest BCUT2D eigenvalue weighted by atomic mass is 9.92. The van der Waals surface area contributed by atoms with Crippen molar-refractivity contribution in [2.24, 2.45) is 0 Å². The molecule has 1 heterocycles. The van der Waals surface area contributed by atoms with Gasteiger partial charge in [-0.25, -0.2) is 4.68 Å². The highest BCUT2D eigenvalue weighted by Gasteiger charge is 2.26. The number of nitrogens with zero attached hydrogens (tertiary/aromatic N) is 3. The highest BCUT2D eigenvalue weighted by atomic mass is 35.5. The molecule has 0 fully saturated rings. The zero-order valence-electron chi connectivity index (χ0n) is 20.5. The van der Waals surface area contributed by atoms with Crippen molar-refractivity contribution >= 4 is 29.2 Å². The van der Waals surface area contributed by atoms with Crippen molar-refractivity contribution < 1.29 is 9.59 Å². The van der Waals surface area contributed by atoms with Crippen LogP contribution in [0.25, 0.3) is 5.69 Å². The summed E-state index contributed by atoms with van der Waals surface area (Å²) in [5.41, 5.74) is 2.39. The quantitative estimate of drug-likeness (QED) is 0.442. The number of benzene rings is 2. The molecule has 0 radical (unpaired) electrons. The topological polar surface area (TPSA) is 67.2 Å². The first kappa shape index (κ1) is 25.5. The summed E-state index contributed by atoms with van der Waals surface area (Å²) in [7, 11) is 0. The van der Waals surface area contributed by atoms with Gasteiger partial charge < -0.3 is 10.2 Å². The SMILES string of the molecule is CCC(C(=O)N(CC)CC(=O)Nc1cc(C(C)(C)C)nn1-c1ccc(Cl)cc1)c1ccccc1. The Morgan fingerprint density at radius 3 is 2.26 bits per heavy atom. The number of carbonyl (C=O) groups excluding carboxylic acids is 2. The van der Waals surface area contributed by atoms with Crippen molar-refractivity contribution in [3.8, 4) is 5.69 Å². The maximum absolute atomic E-state index is 13.3. The van der Waals surface area contributed by atoms with Crippen molar-refractivity contribution in [3.05, 3.63) is 76.9 Å². The number of likely N-dealkylation sites (N-methyl/N-ethyl adjacent to an activating group) is 1. The summed E-state index contributed by atoms with van der Waals surface area (Å²) in [5, 5.41) is 8.32. The van der Waals surface area contributed by atoms with E-state index < -0.39 is 0 Å². The second kappa shape index (κ2) is 10.9. The van der Waals surface area contributed by atoms with E-state index in [2.05, 4.69) is 26.1 Å². The summed E-state index contributed by atoms with van der Waals surface area (Å²) in [4.78, 5) is 27.9. The number of carbonyl (C=O) groups is 2. The molecule has 0 aliphatic carbocycles. The zero-order valence-corrected chi connectivity index (χ0v) is 21.3. The standard InChI is InChI=1S/C27H33ClN4O2/c1-6-22(19-11-9-8-10-12-19)26(34)31(7-2)18-25(33)29-24-17-23(27(3,4)5)30-32(24)21-15-13-20(28)14-16-21/h8-17,22H,6-7,18H2,1-5H3,(H,29,33). The molecular formula is C27H33ClN4O2. The molecule has 1 atom stereocenters. The maximum Gasteiger partial charge on any atom is 0.245 e. The second-order valence-electron chi connectivity index (χ2n) is 9.33. The van der Waals surface area contributed by atoms with E-state index >= 15 is 0 Å². The van der Waals surface area contributed by atoms with Crippen molar-refractivity contribution in [3.63, 3.8) is 0 Å². The predicted molar refractivity (Wildman–Crippen MR) is 138 cm³/mol. The minimum absolute atomic E-state index is 0.0324. The lowest BCUT2D eigenvalue weighted by Crippen LogP contribution is -2.40. The fraction of sp³-hybridized carbons (Fsp3) is 0.370. The number of amides is 2. The van der Waals surface area contributed by atoms with Gasteiger partial charge in [0.15, 0.2) is 0 Å². The van der Waals surface area contributed by atoms with Crippen LogP contribution >= 0.6 is 11.6 Å². The average Bonchev–Trinajstić information content (AvgIpc) is 3.23. The number of aromatic nitrogens is 2. The number of rotatable bonds is 8. The van der Waals surface area contributed by atoms with Gasteiger partial charge in [-0.1, -0.05) is 69.6 Å². The van der Waals surface area contributed by atoms with E-state index in [0.29, 0.717) is 23.8 Å². The molecule has 1 aromatic heterocycles. The Hall–Kier alpha value is -3.12. The van der Waals surface area contributed by atoms with Gasteiger partial charge in [0.1, 0.15) is 5.82 Å². The molecule has 0 aliphatic rings. The van der Waals surface area contributed by atoms with E-state index in [1.807, 2.05) is 62.4 Å². The van der Waals surface area contributed by atoms with Crippen LogP contribution in [0.1, 0.15) is 58.2 Å². The number of nitrogens with one attached hydrogen (secondary N) is 1. The van der Waals surface area contributed by atoms with Crippen LogP contribution in [-0.2, 0) is 15.0 Å². The van der Waals surface area contributed by atoms with Crippen molar-refractivity contribution in [2.45, 2.75) is 52.4 Å². The Kier molecular flexibility index (Phi) is 8.15. The molecular weight excluding hydrogens is 448 g/mol. The molecule has 2 amide bonds. The van der Waals surface area contributed by atoms with E-state index in [4.69, 9.17) is 16.7 Å². The molecule has 7 heteroatoms. The maximum atomic E-state index is 13.3. The molecule has 34 heavy (non-hydrogen) atoms. The van der Waals surface area contributed by atoms with Crippen LogP contribution in [0, 0.1) is 0 Å². The molecule has 0 bridgehead atoms. The third kappa shape index (κ3) is 6.06. The first-order valence-electron chi connectivity index (χ1n) is 11.6. The van der Waals surface area contributed by atoms with Gasteiger partial charge in [-0.05, 0) is 43.2 Å². The van der Waals surface area contributed by atoms with Crippen LogP contribution in [-0.4, -0.2) is 39.6 Å². The Labute approximate surface area is 206 Å². The Balaban J connectivity index is 1.82. The second-order valence-corrected chi connectivity index (χ2v) is 9.76. The number of anilines is 1. The Morgan fingerprint density at radius 2 is 1.71 bits per heavy atom. The summed E-state index contributed by atoms with van der Waals surface area (Å²) in [6.07, 6.45) is 0.666. The molecule has 1 N–H and O–H groups in total. The first-order valence-corrected chi connectivity index (χ1v) is 12.0. The van der Waals surface area contributed by atoms with Gasteiger partial charge in [0.2, 0.25) is 11.8 Å². The van der Waals surface area contributed by atoms with Crippen molar-refractivity contribution in [1.82, 2.24) is 14.7 Å². The third-order valence-corrected chi connectivity index (χ3v) is 6.00. The summed E-state index contributed by atoms with van der Waals surface area (Å²) in [6, 6.07) is 18.9. The summed E-state index contributed by atoms with van der Waals surface area (Å²) >= 11 is 6.05. The van der Waals surface area contributed by atoms with Crippen LogP contribution in [0.3, 0.4) is 0 Å². The minimum atomic E-state index is -0.277. The van der Waals surface area contributed by atoms with Crippen LogP contribution < -0.4 is 5.32 Å². The van der Waals surface area contributed by atoms with E-state index in [-0.39, 0.29) is 29.7 Å². The third-order valence-electron chi connectivity index (χ3n) is 5.75. The largest absolute Gasteiger partial charge is 0.333 e. The lowest BCUT2D eigenvalue weighted by molar-refractivity contribution is -0.135. The molecule has 2 aromatic carbocycles. The van der Waals surface area contributed by atoms with Gasteiger partial charge in [0.05, 0.1) is 23.8 Å². The zero-order chi connectivity index (χ0) is 24.9. The molecule has 3 aromatic rings. The van der Waals surface area contributed by atoms with E-state index in [1.165, 1.54) is 0 Å². The molecule has 0 saturated carbocycles. The molecule has 6 nitrogen and oxygen atoms in total. The van der Waals surface area contributed by atoms with Crippen molar-refractivity contribution in [2.75, 3.05) is 18.4 Å². The highest BCUT2D eigenvalue weighted by molar-refractivity contribution is 6.30. The van der Waals surface area contributed by atoms with Gasteiger partial charge in [-0.15, -0.1) is 0 Å². The Morgan fingerprint density at radius 1 is 1.06 bits per heavy atom. The van der Waals surface area contributed by atoms with E-state index in [1.54, 1.807) is 21.7 Å². The molecule has 0 spiro atoms. The summed E-state index contributed by atoms with van der Waals surface area (Å²) < 4.78 is 1.70. The highest BCUT2D eigenvalue weighted by Crippen LogP contribution is 2.27. The fourth-order valence-electron chi connectivity index (χ4n) is 3.78. The number of hydrogen-bond donors (Lipinski definition) is 1. The molecule has 0 aliphatic heterocycles. The molecule has 3 rings (SSSR count). The van der Waals surface area contributed by atoms with Crippen LogP contribution in [0.15, 0.2) is 60.7 Å². The van der Waals surface area contributed by atoms with Crippen LogP contribution in [0.2, 0.25) is 5.02 Å². The van der Waals surface area contributed by atoms with E-state index in [0.717, 1.165) is 16.9 Å². The smallest absolute Gasteiger partial charge is 0.245 e. The monoisotopic (exact) mass is 480 g/mol. The van der Waals surface area contributed by atoms with Crippen LogP contribution in [0.5, 0.6) is 0 Å². The summed E-state index contributed by atoms with van der Waals surface area (Å²) in [6.45, 7) is 10.5. The van der Waals surface area contributed by atoms with Crippen LogP contribution in [0.4, 0.5) is 5.82 Å². The first-order chi connectivity index (χ1) is 16.1. The Bertz CT molecular complexity index is 1120. The van der Waals surface area contributed by atoms with E-state index in [9.17, 15) is 9.59 Å². The molecule has 0 saturated heterocycles. The van der Waals surface area contributed by atoms with Gasteiger partial charge in [-0.3, -0.25) is 9.59 Å². The minimum Gasteiger partial charge on any atom is -0.333 e. The molecule has 1 unspecified atom stereocenters. The van der Waals surface area contributed by atoms with Gasteiger partial charge >= 0.3 is 0 Å². The normalized spacial score (nSPS) is 12.3. The van der Waals surface area contributed by atoms with Gasteiger partial charge in [0, 0.05) is 23.0 Å². The predicted octanol–water partition coefficient (Wildman–Crippen LogP) is 5.80. The lowest BCUT2D eigenvalue weighted by Gasteiger charge is -2.25. The number of hydrogen-bond acceptors (Lipinski definition) is 3. The fourth-order valence-corrected chi connectivity index (χ4v) is 3.90. The summed E-state index contributed by atoms with van der Waals surface area (Å²) in [5.74, 6) is -0.0430. The van der Waals surface area contributed by atoms with Crippen molar-refractivity contribution in [1.29, 1.82) is 0 Å². The number of halogens is 1.